The van der Waals surface area contributed by atoms with Gasteiger partial charge < -0.3 is 10.8 Å². The highest BCUT2D eigenvalue weighted by atomic mass is 16.3. The second kappa shape index (κ2) is 4.28. The summed E-state index contributed by atoms with van der Waals surface area (Å²) < 4.78 is 0. The summed E-state index contributed by atoms with van der Waals surface area (Å²) in [6.45, 7) is 0.850. The number of fused-ring (bicyclic) bond motifs is 2. The van der Waals surface area contributed by atoms with E-state index in [9.17, 15) is 5.11 Å². The van der Waals surface area contributed by atoms with Crippen molar-refractivity contribution in [1.29, 1.82) is 0 Å². The van der Waals surface area contributed by atoms with Gasteiger partial charge in [-0.1, -0.05) is 6.42 Å². The first kappa shape index (κ1) is 11.0. The summed E-state index contributed by atoms with van der Waals surface area (Å²) in [4.78, 5) is 2.75. The Morgan fingerprint density at radius 1 is 1.06 bits per heavy atom. The third-order valence-corrected chi connectivity index (χ3v) is 5.07. The van der Waals surface area contributed by atoms with Gasteiger partial charge in [0.1, 0.15) is 0 Å². The van der Waals surface area contributed by atoms with E-state index in [2.05, 4.69) is 4.90 Å². The van der Waals surface area contributed by atoms with Crippen molar-refractivity contribution in [3.8, 4) is 0 Å². The fraction of sp³-hybridized carbons (Fsp3) is 1.00. The van der Waals surface area contributed by atoms with Crippen molar-refractivity contribution >= 4 is 0 Å². The van der Waals surface area contributed by atoms with Gasteiger partial charge in [0, 0.05) is 18.1 Å². The molecule has 1 aliphatic carbocycles. The molecule has 4 unspecified atom stereocenters. The van der Waals surface area contributed by atoms with Gasteiger partial charge in [-0.2, -0.15) is 0 Å². The van der Waals surface area contributed by atoms with E-state index in [1.165, 1.54) is 32.1 Å². The Balaban J connectivity index is 1.75. The molecular weight excluding hydrogens is 200 g/mol. The van der Waals surface area contributed by atoms with Crippen LogP contribution in [0.1, 0.15) is 44.9 Å². The molecule has 0 amide bonds. The van der Waals surface area contributed by atoms with Gasteiger partial charge in [-0.3, -0.25) is 4.90 Å². The molecule has 1 saturated carbocycles. The third kappa shape index (κ3) is 1.69. The van der Waals surface area contributed by atoms with Crippen molar-refractivity contribution in [2.45, 2.75) is 69.2 Å². The van der Waals surface area contributed by atoms with Crippen molar-refractivity contribution in [2.75, 3.05) is 6.54 Å². The second-order valence-electron chi connectivity index (χ2n) is 5.95. The van der Waals surface area contributed by atoms with E-state index in [-0.39, 0.29) is 6.10 Å². The molecular formula is C13H24N2O. The van der Waals surface area contributed by atoms with Crippen molar-refractivity contribution in [2.24, 2.45) is 11.7 Å². The number of aliphatic hydroxyl groups excluding tert-OH is 1. The Morgan fingerprint density at radius 3 is 2.38 bits per heavy atom. The molecule has 0 spiro atoms. The third-order valence-electron chi connectivity index (χ3n) is 5.07. The molecule has 2 heterocycles. The summed E-state index contributed by atoms with van der Waals surface area (Å²) in [5.74, 6) is 0.721. The molecule has 2 bridgehead atoms. The first-order chi connectivity index (χ1) is 7.79. The highest BCUT2D eigenvalue weighted by Gasteiger charge is 2.46. The highest BCUT2D eigenvalue weighted by molar-refractivity contribution is 5.01. The number of hydrogen-bond donors (Lipinski definition) is 2. The number of hydrogen-bond acceptors (Lipinski definition) is 3. The lowest BCUT2D eigenvalue weighted by Gasteiger charge is -2.43. The molecule has 92 valence electrons. The van der Waals surface area contributed by atoms with Crippen molar-refractivity contribution < 1.29 is 5.11 Å². The predicted octanol–water partition coefficient (Wildman–Crippen LogP) is 1.10. The van der Waals surface area contributed by atoms with Crippen LogP contribution in [0.4, 0.5) is 0 Å². The highest BCUT2D eigenvalue weighted by Crippen LogP contribution is 2.42. The lowest BCUT2D eigenvalue weighted by atomic mass is 9.93. The summed E-state index contributed by atoms with van der Waals surface area (Å²) in [5.41, 5.74) is 5.89. The average Bonchev–Trinajstić information content (AvgIpc) is 2.81. The zero-order chi connectivity index (χ0) is 11.1. The van der Waals surface area contributed by atoms with E-state index in [0.29, 0.717) is 12.1 Å². The van der Waals surface area contributed by atoms with Crippen molar-refractivity contribution in [3.63, 3.8) is 0 Å². The van der Waals surface area contributed by atoms with Crippen LogP contribution < -0.4 is 5.73 Å². The van der Waals surface area contributed by atoms with Crippen molar-refractivity contribution in [1.82, 2.24) is 4.90 Å². The summed E-state index contributed by atoms with van der Waals surface area (Å²) >= 11 is 0. The molecule has 0 aromatic heterocycles. The van der Waals surface area contributed by atoms with E-state index in [4.69, 9.17) is 5.73 Å². The van der Waals surface area contributed by atoms with Crippen LogP contribution in [-0.4, -0.2) is 40.8 Å². The predicted molar refractivity (Wildman–Crippen MR) is 64.1 cm³/mol. The quantitative estimate of drug-likeness (QED) is 0.738. The number of aliphatic hydroxyl groups is 1. The number of rotatable bonds is 2. The van der Waals surface area contributed by atoms with Gasteiger partial charge in [0.05, 0.1) is 6.10 Å². The van der Waals surface area contributed by atoms with E-state index in [0.717, 1.165) is 31.3 Å². The van der Waals surface area contributed by atoms with Crippen LogP contribution in [0.15, 0.2) is 0 Å². The molecule has 3 aliphatic rings. The Bertz CT molecular complexity index is 244. The van der Waals surface area contributed by atoms with Gasteiger partial charge in [-0.25, -0.2) is 0 Å². The maximum atomic E-state index is 9.82. The zero-order valence-electron chi connectivity index (χ0n) is 10.0. The molecule has 3 rings (SSSR count). The Kier molecular flexibility index (Phi) is 2.94. The van der Waals surface area contributed by atoms with E-state index < -0.39 is 0 Å². The van der Waals surface area contributed by atoms with Gasteiger partial charge in [0.25, 0.3) is 0 Å². The van der Waals surface area contributed by atoms with E-state index >= 15 is 0 Å². The number of nitrogens with zero attached hydrogens (tertiary/aromatic N) is 1. The summed E-state index contributed by atoms with van der Waals surface area (Å²) in [7, 11) is 0. The molecule has 0 aromatic carbocycles. The standard InChI is InChI=1S/C13H24N2O/c14-8-9-2-1-3-13(9)15-10-4-5-11(15)7-12(16)6-10/h9-13,16H,1-8,14H2. The van der Waals surface area contributed by atoms with Gasteiger partial charge in [0.15, 0.2) is 0 Å². The van der Waals surface area contributed by atoms with Crippen LogP contribution >= 0.6 is 0 Å². The smallest absolute Gasteiger partial charge is 0.0570 e. The fourth-order valence-electron chi connectivity index (χ4n) is 4.41. The van der Waals surface area contributed by atoms with Gasteiger partial charge in [-0.05, 0) is 51.0 Å². The van der Waals surface area contributed by atoms with E-state index in [1.54, 1.807) is 0 Å². The topological polar surface area (TPSA) is 49.5 Å². The monoisotopic (exact) mass is 224 g/mol. The summed E-state index contributed by atoms with van der Waals surface area (Å²) in [6, 6.07) is 2.05. The molecule has 3 fully saturated rings. The van der Waals surface area contributed by atoms with Crippen LogP contribution in [0.2, 0.25) is 0 Å². The van der Waals surface area contributed by atoms with Gasteiger partial charge in [0.2, 0.25) is 0 Å². The Labute approximate surface area is 98.0 Å². The van der Waals surface area contributed by atoms with Crippen molar-refractivity contribution in [3.05, 3.63) is 0 Å². The molecule has 3 nitrogen and oxygen atoms in total. The second-order valence-corrected chi connectivity index (χ2v) is 5.95. The largest absolute Gasteiger partial charge is 0.393 e. The SMILES string of the molecule is NCC1CCCC1N1C2CCC1CC(O)C2. The van der Waals surface area contributed by atoms with Crippen LogP contribution in [0.5, 0.6) is 0 Å². The molecule has 3 N–H and O–H groups in total. The molecule has 4 atom stereocenters. The maximum Gasteiger partial charge on any atom is 0.0570 e. The van der Waals surface area contributed by atoms with Crippen LogP contribution in [-0.2, 0) is 0 Å². The summed E-state index contributed by atoms with van der Waals surface area (Å²) in [5, 5.41) is 9.82. The average molecular weight is 224 g/mol. The lowest BCUT2D eigenvalue weighted by molar-refractivity contribution is 0.00127. The molecule has 2 saturated heterocycles. The van der Waals surface area contributed by atoms with Gasteiger partial charge >= 0.3 is 0 Å². The molecule has 16 heavy (non-hydrogen) atoms. The molecule has 3 heteroatoms. The Morgan fingerprint density at radius 2 is 1.75 bits per heavy atom. The minimum atomic E-state index is -0.0357. The zero-order valence-corrected chi connectivity index (χ0v) is 10.0. The number of piperidine rings is 1. The van der Waals surface area contributed by atoms with Gasteiger partial charge in [-0.15, -0.1) is 0 Å². The lowest BCUT2D eigenvalue weighted by Crippen LogP contribution is -2.52. The minimum Gasteiger partial charge on any atom is -0.393 e. The number of nitrogens with two attached hydrogens (primary N) is 1. The van der Waals surface area contributed by atoms with Crippen LogP contribution in [0, 0.1) is 5.92 Å². The Hall–Kier alpha value is -0.120. The molecule has 0 radical (unpaired) electrons. The normalized spacial score (nSPS) is 48.8. The van der Waals surface area contributed by atoms with E-state index in [1.807, 2.05) is 0 Å². The van der Waals surface area contributed by atoms with Crippen LogP contribution in [0.25, 0.3) is 0 Å². The fourth-order valence-corrected chi connectivity index (χ4v) is 4.41. The molecule has 2 aliphatic heterocycles. The molecule has 0 aromatic rings. The maximum absolute atomic E-state index is 9.82. The first-order valence-corrected chi connectivity index (χ1v) is 6.95. The first-order valence-electron chi connectivity index (χ1n) is 6.95. The summed E-state index contributed by atoms with van der Waals surface area (Å²) in [6.07, 6.45) is 8.58. The minimum absolute atomic E-state index is 0.0357. The van der Waals surface area contributed by atoms with Crippen LogP contribution in [0.3, 0.4) is 0 Å².